The van der Waals surface area contributed by atoms with Gasteiger partial charge in [-0.1, -0.05) is 33.8 Å². The van der Waals surface area contributed by atoms with Gasteiger partial charge in [0.25, 0.3) is 0 Å². The van der Waals surface area contributed by atoms with E-state index in [0.717, 1.165) is 28.6 Å². The third-order valence-corrected chi connectivity index (χ3v) is 3.23. The highest BCUT2D eigenvalue weighted by molar-refractivity contribution is 9.10. The topological polar surface area (TPSA) is 29.5 Å². The Labute approximate surface area is 118 Å². The molecule has 0 saturated heterocycles. The lowest BCUT2D eigenvalue weighted by atomic mass is 9.87. The fraction of sp³-hybridized carbons (Fsp3) is 0.600. The normalized spacial score (nSPS) is 13.4. The molecule has 0 aliphatic heterocycles. The Balaban J connectivity index is 2.77. The lowest BCUT2D eigenvalue weighted by Gasteiger charge is -2.23. The van der Waals surface area contributed by atoms with E-state index in [2.05, 4.69) is 43.6 Å². The van der Waals surface area contributed by atoms with E-state index < -0.39 is 6.10 Å². The van der Waals surface area contributed by atoms with Gasteiger partial charge in [0, 0.05) is 0 Å². The van der Waals surface area contributed by atoms with E-state index in [-0.39, 0.29) is 5.41 Å². The minimum absolute atomic E-state index is 0.114. The fourth-order valence-corrected chi connectivity index (χ4v) is 2.26. The van der Waals surface area contributed by atoms with Crippen molar-refractivity contribution in [2.75, 3.05) is 6.61 Å². The average molecular weight is 315 g/mol. The quantitative estimate of drug-likeness (QED) is 0.853. The van der Waals surface area contributed by atoms with E-state index in [9.17, 15) is 5.11 Å². The van der Waals surface area contributed by atoms with Crippen molar-refractivity contribution >= 4 is 15.9 Å². The molecule has 0 aliphatic rings. The number of ether oxygens (including phenoxy) is 1. The van der Waals surface area contributed by atoms with E-state index >= 15 is 0 Å². The zero-order chi connectivity index (χ0) is 13.8. The molecule has 0 bridgehead atoms. The second-order valence-corrected chi connectivity index (χ2v) is 6.67. The van der Waals surface area contributed by atoms with Crippen molar-refractivity contribution in [1.29, 1.82) is 0 Å². The average Bonchev–Trinajstić information content (AvgIpc) is 2.25. The van der Waals surface area contributed by atoms with Crippen molar-refractivity contribution < 1.29 is 9.84 Å². The van der Waals surface area contributed by atoms with Crippen molar-refractivity contribution in [3.8, 4) is 5.75 Å². The van der Waals surface area contributed by atoms with Crippen molar-refractivity contribution in [1.82, 2.24) is 0 Å². The van der Waals surface area contributed by atoms with Gasteiger partial charge in [-0.25, -0.2) is 0 Å². The number of hydrogen-bond acceptors (Lipinski definition) is 2. The van der Waals surface area contributed by atoms with Crippen molar-refractivity contribution in [3.63, 3.8) is 0 Å². The van der Waals surface area contributed by atoms with Gasteiger partial charge in [-0.05, 0) is 51.9 Å². The Kier molecular flexibility index (Phi) is 5.67. The molecule has 0 saturated carbocycles. The monoisotopic (exact) mass is 314 g/mol. The first kappa shape index (κ1) is 15.5. The SMILES string of the molecule is CCCOc1ccc(C(O)CC(C)(C)C)cc1Br. The van der Waals surface area contributed by atoms with Crippen LogP contribution in [0.25, 0.3) is 0 Å². The third-order valence-electron chi connectivity index (χ3n) is 2.61. The zero-order valence-electron chi connectivity index (χ0n) is 11.7. The molecule has 0 radical (unpaired) electrons. The van der Waals surface area contributed by atoms with Gasteiger partial charge < -0.3 is 9.84 Å². The molecule has 0 heterocycles. The predicted molar refractivity (Wildman–Crippen MR) is 79.0 cm³/mol. The van der Waals surface area contributed by atoms with Gasteiger partial charge in [-0.15, -0.1) is 0 Å². The molecule has 2 nitrogen and oxygen atoms in total. The molecule has 1 rings (SSSR count). The Bertz CT molecular complexity index is 383. The molecular formula is C15H23BrO2. The van der Waals surface area contributed by atoms with Gasteiger partial charge in [0.1, 0.15) is 5.75 Å². The van der Waals surface area contributed by atoms with Gasteiger partial charge in [0.2, 0.25) is 0 Å². The molecule has 3 heteroatoms. The third kappa shape index (κ3) is 4.99. The number of aliphatic hydroxyl groups excluding tert-OH is 1. The summed E-state index contributed by atoms with van der Waals surface area (Å²) in [5, 5.41) is 10.2. The molecule has 1 atom stereocenters. The van der Waals surface area contributed by atoms with Crippen LogP contribution in [-0.4, -0.2) is 11.7 Å². The van der Waals surface area contributed by atoms with Crippen LogP contribution in [0, 0.1) is 5.41 Å². The van der Waals surface area contributed by atoms with Crippen molar-refractivity contribution in [3.05, 3.63) is 28.2 Å². The number of hydrogen-bond donors (Lipinski definition) is 1. The summed E-state index contributed by atoms with van der Waals surface area (Å²) in [5.41, 5.74) is 1.05. The Morgan fingerprint density at radius 2 is 2.00 bits per heavy atom. The van der Waals surface area contributed by atoms with Crippen LogP contribution in [0.3, 0.4) is 0 Å². The minimum Gasteiger partial charge on any atom is -0.492 e. The van der Waals surface area contributed by atoms with E-state index in [4.69, 9.17) is 4.74 Å². The summed E-state index contributed by atoms with van der Waals surface area (Å²) in [5.74, 6) is 0.837. The van der Waals surface area contributed by atoms with Crippen LogP contribution in [0.15, 0.2) is 22.7 Å². The van der Waals surface area contributed by atoms with Gasteiger partial charge in [0.05, 0.1) is 17.2 Å². The molecule has 0 amide bonds. The first-order chi connectivity index (χ1) is 8.33. The molecule has 0 spiro atoms. The van der Waals surface area contributed by atoms with Crippen LogP contribution in [-0.2, 0) is 0 Å². The maximum absolute atomic E-state index is 10.2. The summed E-state index contributed by atoms with van der Waals surface area (Å²) in [6, 6.07) is 5.80. The standard InChI is InChI=1S/C15H23BrO2/c1-5-8-18-14-7-6-11(9-12(14)16)13(17)10-15(2,3)4/h6-7,9,13,17H,5,8,10H2,1-4H3. The maximum atomic E-state index is 10.2. The number of rotatable bonds is 5. The summed E-state index contributed by atoms with van der Waals surface area (Å²) in [6.07, 6.45) is 1.30. The first-order valence-corrected chi connectivity index (χ1v) is 7.23. The highest BCUT2D eigenvalue weighted by Crippen LogP contribution is 2.33. The number of aliphatic hydroxyl groups is 1. The Morgan fingerprint density at radius 1 is 1.33 bits per heavy atom. The Morgan fingerprint density at radius 3 is 2.50 bits per heavy atom. The van der Waals surface area contributed by atoms with Crippen LogP contribution in [0.2, 0.25) is 0 Å². The lowest BCUT2D eigenvalue weighted by molar-refractivity contribution is 0.122. The van der Waals surface area contributed by atoms with E-state index in [1.54, 1.807) is 0 Å². The van der Waals surface area contributed by atoms with Crippen LogP contribution >= 0.6 is 15.9 Å². The van der Waals surface area contributed by atoms with Gasteiger partial charge in [0.15, 0.2) is 0 Å². The largest absolute Gasteiger partial charge is 0.492 e. The zero-order valence-corrected chi connectivity index (χ0v) is 13.3. The van der Waals surface area contributed by atoms with Gasteiger partial charge in [-0.3, -0.25) is 0 Å². The molecule has 102 valence electrons. The second-order valence-electron chi connectivity index (χ2n) is 5.82. The first-order valence-electron chi connectivity index (χ1n) is 6.44. The molecule has 1 N–H and O–H groups in total. The summed E-state index contributed by atoms with van der Waals surface area (Å²) in [4.78, 5) is 0. The number of halogens is 1. The van der Waals surface area contributed by atoms with Crippen LogP contribution < -0.4 is 4.74 Å². The predicted octanol–water partition coefficient (Wildman–Crippen LogP) is 4.71. The molecule has 0 aliphatic carbocycles. The van der Waals surface area contributed by atoms with Crippen molar-refractivity contribution in [2.24, 2.45) is 5.41 Å². The molecule has 1 aromatic carbocycles. The van der Waals surface area contributed by atoms with Crippen molar-refractivity contribution in [2.45, 2.75) is 46.6 Å². The Hall–Kier alpha value is -0.540. The summed E-state index contributed by atoms with van der Waals surface area (Å²) in [6.45, 7) is 9.18. The van der Waals surface area contributed by atoms with Crippen LogP contribution in [0.1, 0.15) is 52.2 Å². The van der Waals surface area contributed by atoms with Gasteiger partial charge >= 0.3 is 0 Å². The summed E-state index contributed by atoms with van der Waals surface area (Å²) >= 11 is 3.49. The fourth-order valence-electron chi connectivity index (χ4n) is 1.75. The molecule has 0 aromatic heterocycles. The number of benzene rings is 1. The highest BCUT2D eigenvalue weighted by atomic mass is 79.9. The molecule has 1 unspecified atom stereocenters. The van der Waals surface area contributed by atoms with Crippen LogP contribution in [0.5, 0.6) is 5.75 Å². The molecular weight excluding hydrogens is 292 g/mol. The molecule has 0 fully saturated rings. The van der Waals surface area contributed by atoms with E-state index in [1.165, 1.54) is 0 Å². The minimum atomic E-state index is -0.429. The van der Waals surface area contributed by atoms with Gasteiger partial charge in [-0.2, -0.15) is 0 Å². The second kappa shape index (κ2) is 6.58. The maximum Gasteiger partial charge on any atom is 0.133 e. The smallest absolute Gasteiger partial charge is 0.133 e. The summed E-state index contributed by atoms with van der Waals surface area (Å²) < 4.78 is 6.50. The van der Waals surface area contributed by atoms with E-state index in [0.29, 0.717) is 6.61 Å². The van der Waals surface area contributed by atoms with Crippen LogP contribution in [0.4, 0.5) is 0 Å². The molecule has 18 heavy (non-hydrogen) atoms. The molecule has 1 aromatic rings. The highest BCUT2D eigenvalue weighted by Gasteiger charge is 2.18. The summed E-state index contributed by atoms with van der Waals surface area (Å²) in [7, 11) is 0. The lowest BCUT2D eigenvalue weighted by Crippen LogP contribution is -2.11. The van der Waals surface area contributed by atoms with E-state index in [1.807, 2.05) is 18.2 Å².